The fourth-order valence-corrected chi connectivity index (χ4v) is 1.63. The van der Waals surface area contributed by atoms with Gasteiger partial charge in [0.1, 0.15) is 11.9 Å². The zero-order valence-electron chi connectivity index (χ0n) is 9.53. The van der Waals surface area contributed by atoms with Crippen LogP contribution in [-0.2, 0) is 4.79 Å². The number of carbonyl (C=O) groups is 1. The number of hydrogen-bond donors (Lipinski definition) is 2. The second-order valence-electron chi connectivity index (χ2n) is 3.85. The second-order valence-corrected chi connectivity index (χ2v) is 3.85. The minimum atomic E-state index is -0.480. The van der Waals surface area contributed by atoms with Crippen LogP contribution in [0.25, 0.3) is 0 Å². The maximum atomic E-state index is 12.8. The molecule has 1 atom stereocenters. The summed E-state index contributed by atoms with van der Waals surface area (Å²) in [4.78, 5) is 15.9. The Morgan fingerprint density at radius 1 is 1.35 bits per heavy atom. The van der Waals surface area contributed by atoms with Crippen LogP contribution in [0.3, 0.4) is 0 Å². The highest BCUT2D eigenvalue weighted by molar-refractivity contribution is 6.06. The molecule has 0 aliphatic carbocycles. The third kappa shape index (κ3) is 2.61. The predicted octanol–water partition coefficient (Wildman–Crippen LogP) is 1.35. The standard InChI is InChI=1S/C12H14FN3O/c1-2-7-14-12-15-10(11(17)16-12)8-3-5-9(13)6-4-8/h3-6,10H,2,7H2,1H3,(H2,14,15,16,17). The van der Waals surface area contributed by atoms with E-state index >= 15 is 0 Å². The van der Waals surface area contributed by atoms with Crippen LogP contribution in [0, 0.1) is 5.82 Å². The number of hydrogen-bond acceptors (Lipinski definition) is 2. The van der Waals surface area contributed by atoms with Gasteiger partial charge in [-0.05, 0) is 24.1 Å². The summed E-state index contributed by atoms with van der Waals surface area (Å²) in [6.07, 6.45) is 0.919. The van der Waals surface area contributed by atoms with E-state index in [4.69, 9.17) is 0 Å². The van der Waals surface area contributed by atoms with Crippen molar-refractivity contribution in [1.82, 2.24) is 10.6 Å². The van der Waals surface area contributed by atoms with E-state index in [0.717, 1.165) is 12.0 Å². The average molecular weight is 235 g/mol. The van der Waals surface area contributed by atoms with Gasteiger partial charge in [0.25, 0.3) is 5.91 Å². The predicted molar refractivity (Wildman–Crippen MR) is 63.0 cm³/mol. The number of aliphatic imine (C=N–C) groups is 1. The van der Waals surface area contributed by atoms with E-state index in [1.54, 1.807) is 12.1 Å². The molecule has 17 heavy (non-hydrogen) atoms. The Bertz CT molecular complexity index is 442. The van der Waals surface area contributed by atoms with Crippen molar-refractivity contribution < 1.29 is 9.18 Å². The molecule has 0 saturated carbocycles. The Labute approximate surface area is 98.9 Å². The van der Waals surface area contributed by atoms with Crippen molar-refractivity contribution in [3.63, 3.8) is 0 Å². The molecular weight excluding hydrogens is 221 g/mol. The third-order valence-corrected chi connectivity index (χ3v) is 2.48. The van der Waals surface area contributed by atoms with Crippen LogP contribution in [0.4, 0.5) is 4.39 Å². The SMILES string of the molecule is CCCN=C1NC(=O)C(c2ccc(F)cc2)N1. The van der Waals surface area contributed by atoms with Gasteiger partial charge in [-0.15, -0.1) is 0 Å². The summed E-state index contributed by atoms with van der Waals surface area (Å²) in [5.41, 5.74) is 0.727. The van der Waals surface area contributed by atoms with E-state index in [1.165, 1.54) is 12.1 Å². The van der Waals surface area contributed by atoms with Crippen LogP contribution >= 0.6 is 0 Å². The smallest absolute Gasteiger partial charge is 0.253 e. The van der Waals surface area contributed by atoms with Gasteiger partial charge >= 0.3 is 0 Å². The molecule has 4 nitrogen and oxygen atoms in total. The van der Waals surface area contributed by atoms with Crippen molar-refractivity contribution in [3.05, 3.63) is 35.6 Å². The molecule has 90 valence electrons. The molecule has 0 spiro atoms. The highest BCUT2D eigenvalue weighted by Gasteiger charge is 2.29. The molecule has 1 amide bonds. The molecule has 1 heterocycles. The van der Waals surface area contributed by atoms with Crippen molar-refractivity contribution in [2.24, 2.45) is 4.99 Å². The van der Waals surface area contributed by atoms with Gasteiger partial charge in [0.05, 0.1) is 0 Å². The van der Waals surface area contributed by atoms with Gasteiger partial charge in [-0.2, -0.15) is 0 Å². The molecule has 1 aromatic carbocycles. The largest absolute Gasteiger partial charge is 0.340 e. The Kier molecular flexibility index (Phi) is 3.37. The van der Waals surface area contributed by atoms with E-state index in [1.807, 2.05) is 6.92 Å². The van der Waals surface area contributed by atoms with Gasteiger partial charge < -0.3 is 5.32 Å². The van der Waals surface area contributed by atoms with E-state index in [9.17, 15) is 9.18 Å². The van der Waals surface area contributed by atoms with E-state index < -0.39 is 6.04 Å². The molecular formula is C12H14FN3O. The van der Waals surface area contributed by atoms with Crippen LogP contribution in [0.15, 0.2) is 29.3 Å². The van der Waals surface area contributed by atoms with Crippen LogP contribution in [0.5, 0.6) is 0 Å². The van der Waals surface area contributed by atoms with Gasteiger partial charge in [-0.3, -0.25) is 15.1 Å². The summed E-state index contributed by atoms with van der Waals surface area (Å²) < 4.78 is 12.8. The molecule has 1 saturated heterocycles. The lowest BCUT2D eigenvalue weighted by Crippen LogP contribution is -2.25. The molecule has 1 fully saturated rings. The molecule has 1 aliphatic heterocycles. The first kappa shape index (κ1) is 11.6. The van der Waals surface area contributed by atoms with Crippen molar-refractivity contribution in [1.29, 1.82) is 0 Å². The quantitative estimate of drug-likeness (QED) is 0.831. The first-order valence-electron chi connectivity index (χ1n) is 5.58. The van der Waals surface area contributed by atoms with Crippen molar-refractivity contribution in [2.45, 2.75) is 19.4 Å². The van der Waals surface area contributed by atoms with Crippen molar-refractivity contribution in [2.75, 3.05) is 6.54 Å². The van der Waals surface area contributed by atoms with E-state index in [0.29, 0.717) is 12.5 Å². The molecule has 0 radical (unpaired) electrons. The van der Waals surface area contributed by atoms with Crippen LogP contribution < -0.4 is 10.6 Å². The highest BCUT2D eigenvalue weighted by Crippen LogP contribution is 2.16. The van der Waals surface area contributed by atoms with Crippen LogP contribution in [0.1, 0.15) is 24.9 Å². The first-order valence-corrected chi connectivity index (χ1v) is 5.58. The second kappa shape index (κ2) is 4.95. The maximum absolute atomic E-state index is 12.8. The molecule has 5 heteroatoms. The van der Waals surface area contributed by atoms with E-state index in [-0.39, 0.29) is 11.7 Å². The fourth-order valence-electron chi connectivity index (χ4n) is 1.63. The Balaban J connectivity index is 2.13. The minimum absolute atomic E-state index is 0.161. The van der Waals surface area contributed by atoms with Crippen LogP contribution in [0.2, 0.25) is 0 Å². The summed E-state index contributed by atoms with van der Waals surface area (Å²) in [7, 11) is 0. The number of amides is 1. The van der Waals surface area contributed by atoms with Gasteiger partial charge in [0, 0.05) is 6.54 Å². The summed E-state index contributed by atoms with van der Waals surface area (Å²) in [5, 5.41) is 5.64. The molecule has 0 bridgehead atoms. The number of nitrogens with zero attached hydrogens (tertiary/aromatic N) is 1. The average Bonchev–Trinajstić information content (AvgIpc) is 2.69. The lowest BCUT2D eigenvalue weighted by Gasteiger charge is -2.07. The number of benzene rings is 1. The molecule has 0 aromatic heterocycles. The highest BCUT2D eigenvalue weighted by atomic mass is 19.1. The van der Waals surface area contributed by atoms with Crippen molar-refractivity contribution >= 4 is 11.9 Å². The molecule has 2 N–H and O–H groups in total. The molecule has 2 rings (SSSR count). The zero-order chi connectivity index (χ0) is 12.3. The minimum Gasteiger partial charge on any atom is -0.340 e. The summed E-state index contributed by atoms with van der Waals surface area (Å²) in [6.45, 7) is 2.68. The molecule has 1 unspecified atom stereocenters. The number of guanidine groups is 1. The van der Waals surface area contributed by atoms with E-state index in [2.05, 4.69) is 15.6 Å². The fraction of sp³-hybridized carbons (Fsp3) is 0.333. The summed E-state index contributed by atoms with van der Waals surface area (Å²) >= 11 is 0. The normalized spacial score (nSPS) is 21.4. The van der Waals surface area contributed by atoms with Gasteiger partial charge in [0.15, 0.2) is 5.96 Å². The zero-order valence-corrected chi connectivity index (χ0v) is 9.53. The molecule has 1 aliphatic rings. The topological polar surface area (TPSA) is 53.5 Å². The number of carbonyl (C=O) groups excluding carboxylic acids is 1. The summed E-state index contributed by atoms with van der Waals surface area (Å²) in [6, 6.07) is 5.38. The molecule has 1 aromatic rings. The Morgan fingerprint density at radius 2 is 2.06 bits per heavy atom. The number of nitrogens with one attached hydrogen (secondary N) is 2. The van der Waals surface area contributed by atoms with Gasteiger partial charge in [-0.1, -0.05) is 19.1 Å². The van der Waals surface area contributed by atoms with Crippen molar-refractivity contribution in [3.8, 4) is 0 Å². The monoisotopic (exact) mass is 235 g/mol. The number of rotatable bonds is 3. The maximum Gasteiger partial charge on any atom is 0.253 e. The lowest BCUT2D eigenvalue weighted by molar-refractivity contribution is -0.120. The first-order chi connectivity index (χ1) is 8.20. The number of halogens is 1. The van der Waals surface area contributed by atoms with Gasteiger partial charge in [-0.25, -0.2) is 4.39 Å². The lowest BCUT2D eigenvalue weighted by atomic mass is 10.1. The Hall–Kier alpha value is -1.91. The summed E-state index contributed by atoms with van der Waals surface area (Å²) in [5.74, 6) is 0.0182. The van der Waals surface area contributed by atoms with Gasteiger partial charge in [0.2, 0.25) is 0 Å². The Morgan fingerprint density at radius 3 is 2.71 bits per heavy atom. The third-order valence-electron chi connectivity index (χ3n) is 2.48. The van der Waals surface area contributed by atoms with Crippen LogP contribution in [-0.4, -0.2) is 18.4 Å².